The number of carboxylic acid groups (broad SMARTS) is 1. The summed E-state index contributed by atoms with van der Waals surface area (Å²) in [4.78, 5) is 171. The molecule has 1 aromatic rings. The number of nitrogens with two attached hydrogens (primary N) is 8. The van der Waals surface area contributed by atoms with E-state index >= 15 is 0 Å². The molecular weight excluding hydrogens is 1240 g/mol. The van der Waals surface area contributed by atoms with Gasteiger partial charge in [0.1, 0.15) is 48.3 Å². The molecule has 10 amide bonds. The van der Waals surface area contributed by atoms with Crippen LogP contribution in [0.4, 0.5) is 5.69 Å². The van der Waals surface area contributed by atoms with E-state index in [-0.39, 0.29) is 123 Å². The van der Waals surface area contributed by atoms with Gasteiger partial charge in [-0.25, -0.2) is 4.98 Å². The monoisotopic (exact) mass is 1330 g/mol. The van der Waals surface area contributed by atoms with E-state index in [9.17, 15) is 68.0 Å². The molecule has 0 saturated carbocycles. The molecule has 35 nitrogen and oxygen atoms in total. The third kappa shape index (κ3) is 33.1. The molecule has 1 aromatic heterocycles. The van der Waals surface area contributed by atoms with Crippen molar-refractivity contribution in [3.05, 3.63) is 28.4 Å². The first-order chi connectivity index (χ1) is 42.6. The molecule has 1 rings (SSSR count). The molecule has 10 atom stereocenters. The third-order valence-corrected chi connectivity index (χ3v) is 16.4. The highest BCUT2D eigenvalue weighted by molar-refractivity contribution is 8.76. The van der Waals surface area contributed by atoms with Crippen LogP contribution in [0, 0.1) is 16.0 Å². The quantitative estimate of drug-likeness (QED) is 0.00557. The SMILES string of the molecule is CC[C@H](C)[C@H](NC(=O)[C@H](CCC(=O)O)NC(=O)[C@@H](N)CCCN=C(N)N)C(=O)N[C@@H](CSSc1ncccc1[N+](=O)[O-])C(=O)N[C@@H](C)C(=O)N[C@@H](CCCCN)C(=O)N[C@@H](CCCCN)C(=O)N[C@@H](CSCNC(C)=O)C(=O)N[C@@H](CCCN=C(N)N)C(N)=O. The highest BCUT2D eigenvalue weighted by atomic mass is 33.1. The second-order valence-corrected chi connectivity index (χ2v) is 23.9. The van der Waals surface area contributed by atoms with Crippen molar-refractivity contribution >= 4 is 116 Å². The molecule has 0 fully saturated rings. The molecule has 0 aliphatic carbocycles. The number of guanidine groups is 2. The normalized spacial score (nSPS) is 14.3. The molecule has 0 radical (unpaired) electrons. The van der Waals surface area contributed by atoms with Crippen molar-refractivity contribution in [2.24, 2.45) is 61.8 Å². The Labute approximate surface area is 533 Å². The summed E-state index contributed by atoms with van der Waals surface area (Å²) in [6.45, 7) is 6.53. The molecule has 0 spiro atoms. The largest absolute Gasteiger partial charge is 0.481 e. The molecule has 38 heteroatoms. The zero-order valence-corrected chi connectivity index (χ0v) is 53.5. The number of hydrogen-bond donors (Lipinski definition) is 18. The zero-order chi connectivity index (χ0) is 67.9. The molecule has 26 N–H and O–H groups in total. The van der Waals surface area contributed by atoms with Crippen LogP contribution in [0.1, 0.15) is 111 Å². The molecule has 0 bridgehead atoms. The number of aromatic nitrogens is 1. The van der Waals surface area contributed by atoms with Crippen molar-refractivity contribution in [3.63, 3.8) is 0 Å². The molecule has 0 saturated heterocycles. The van der Waals surface area contributed by atoms with Gasteiger partial charge < -0.3 is 98.8 Å². The number of aliphatic imine (C=N–C) groups is 2. The first kappa shape index (κ1) is 80.2. The van der Waals surface area contributed by atoms with Crippen LogP contribution in [-0.2, 0) is 52.7 Å². The van der Waals surface area contributed by atoms with Crippen molar-refractivity contribution < 1.29 is 62.8 Å². The maximum absolute atomic E-state index is 14.4. The summed E-state index contributed by atoms with van der Waals surface area (Å²) in [5.74, 6) is -11.2. The maximum Gasteiger partial charge on any atom is 0.303 e. The number of thioether (sulfide) groups is 1. The molecule has 90 heavy (non-hydrogen) atoms. The number of nitrogens with one attached hydrogen (secondary N) is 9. The topological polar surface area (TPSA) is 605 Å². The molecule has 0 aromatic carbocycles. The minimum Gasteiger partial charge on any atom is -0.481 e. The van der Waals surface area contributed by atoms with Gasteiger partial charge in [0.05, 0.1) is 16.8 Å². The second-order valence-electron chi connectivity index (χ2n) is 20.6. The maximum atomic E-state index is 14.4. The van der Waals surface area contributed by atoms with E-state index in [1.54, 1.807) is 13.8 Å². The fraction of sp³-hybridized carbons (Fsp3) is 0.654. The van der Waals surface area contributed by atoms with E-state index in [2.05, 4.69) is 62.8 Å². The predicted octanol–water partition coefficient (Wildman–Crippen LogP) is -4.46. The van der Waals surface area contributed by atoms with Crippen molar-refractivity contribution in [2.75, 3.05) is 43.6 Å². The van der Waals surface area contributed by atoms with E-state index in [1.165, 1.54) is 32.2 Å². The Morgan fingerprint density at radius 3 is 1.63 bits per heavy atom. The number of unbranched alkanes of at least 4 members (excludes halogenated alkanes) is 2. The molecule has 0 aliphatic rings. The minimum atomic E-state index is -1.57. The molecule has 0 aliphatic heterocycles. The van der Waals surface area contributed by atoms with Gasteiger partial charge in [0.15, 0.2) is 16.9 Å². The number of carbonyl (C=O) groups is 11. The lowest BCUT2D eigenvalue weighted by molar-refractivity contribution is -0.388. The van der Waals surface area contributed by atoms with Gasteiger partial charge in [-0.05, 0) is 113 Å². The van der Waals surface area contributed by atoms with Crippen LogP contribution in [0.5, 0.6) is 0 Å². The van der Waals surface area contributed by atoms with Gasteiger partial charge in [-0.2, -0.15) is 0 Å². The van der Waals surface area contributed by atoms with E-state index in [0.717, 1.165) is 33.3 Å². The predicted molar refractivity (Wildman–Crippen MR) is 341 cm³/mol. The van der Waals surface area contributed by atoms with E-state index in [4.69, 9.17) is 45.9 Å². The van der Waals surface area contributed by atoms with Gasteiger partial charge >= 0.3 is 11.7 Å². The number of carboxylic acids is 1. The first-order valence-corrected chi connectivity index (χ1v) is 32.5. The molecule has 506 valence electrons. The lowest BCUT2D eigenvalue weighted by atomic mass is 9.97. The number of nitro groups is 1. The van der Waals surface area contributed by atoms with Crippen molar-refractivity contribution in [1.82, 2.24) is 52.8 Å². The van der Waals surface area contributed by atoms with Gasteiger partial charge in [-0.1, -0.05) is 31.1 Å². The number of pyridine rings is 1. The lowest BCUT2D eigenvalue weighted by Gasteiger charge is -2.29. The number of carbonyl (C=O) groups excluding carboxylic acids is 10. The van der Waals surface area contributed by atoms with Crippen LogP contribution in [0.2, 0.25) is 0 Å². The molecular formula is C52H91N21O14S3. The number of nitrogens with zero attached hydrogens (tertiary/aromatic N) is 4. The van der Waals surface area contributed by atoms with Gasteiger partial charge in [0, 0.05) is 50.2 Å². The van der Waals surface area contributed by atoms with Crippen LogP contribution in [0.15, 0.2) is 33.3 Å². The van der Waals surface area contributed by atoms with Crippen molar-refractivity contribution in [2.45, 2.75) is 171 Å². The van der Waals surface area contributed by atoms with Gasteiger partial charge in [-0.15, -0.1) is 11.8 Å². The van der Waals surface area contributed by atoms with E-state index in [0.29, 0.717) is 19.3 Å². The van der Waals surface area contributed by atoms with Gasteiger partial charge in [-0.3, -0.25) is 72.8 Å². The average Bonchev–Trinajstić information content (AvgIpc) is 1.37. The number of primary amides is 1. The smallest absolute Gasteiger partial charge is 0.303 e. The molecule has 1 heterocycles. The fourth-order valence-corrected chi connectivity index (χ4v) is 11.0. The van der Waals surface area contributed by atoms with E-state index < -0.39 is 137 Å². The Hall–Kier alpha value is -7.81. The molecule has 0 unspecified atom stereocenters. The highest BCUT2D eigenvalue weighted by Gasteiger charge is 2.36. The van der Waals surface area contributed by atoms with Gasteiger partial charge in [0.25, 0.3) is 0 Å². The summed E-state index contributed by atoms with van der Waals surface area (Å²) in [5.41, 5.74) is 44.3. The fourth-order valence-electron chi connectivity index (χ4n) is 7.93. The summed E-state index contributed by atoms with van der Waals surface area (Å²) in [7, 11) is 1.66. The standard InChI is InChI=1S/C52H91N21O14S3/c1-5-28(2)40(72-46(82)35(18-19-39(75)76)68-43(79)31(55)13-10-23-62-51(57)58)49(85)71-37(26-89-90-50-38(73(86)87)17-12-22-61-50)47(83)65-29(3)42(78)67-33(14-6-8-20-53)44(80)69-34(15-7-9-21-54)45(81)70-36(25-88-27-64-30(4)74)48(84)66-32(41(56)77)16-11-24-63-52(59)60/h12,17,22,28-29,31-37,40H,5-11,13-16,18-21,23-27,53-55H2,1-4H3,(H2,56,77)(H,64,74)(H,65,83)(H,66,84)(H,67,78)(H,68,79)(H,69,80)(H,70,81)(H,71,85)(H,72,82)(H,75,76)(H4,57,58,62)(H4,59,60,63)/t28-,29-,31-,32-,33-,34-,35-,36-,37-,40-/m0/s1. The minimum absolute atomic E-state index is 0.00827. The van der Waals surface area contributed by atoms with E-state index in [1.807, 2.05) is 0 Å². The Bertz CT molecular complexity index is 2600. The summed E-state index contributed by atoms with van der Waals surface area (Å²) < 4.78 is 0. The first-order valence-electron chi connectivity index (χ1n) is 29.0. The summed E-state index contributed by atoms with van der Waals surface area (Å²) in [6.07, 6.45) is 2.54. The third-order valence-electron chi connectivity index (χ3n) is 13.2. The van der Waals surface area contributed by atoms with Crippen LogP contribution < -0.4 is 93.7 Å². The Balaban J connectivity index is 3.63. The van der Waals surface area contributed by atoms with Crippen LogP contribution in [-0.4, -0.2) is 190 Å². The zero-order valence-electron chi connectivity index (χ0n) is 51.0. The lowest BCUT2D eigenvalue weighted by Crippen LogP contribution is -2.61. The van der Waals surface area contributed by atoms with Crippen LogP contribution in [0.25, 0.3) is 0 Å². The van der Waals surface area contributed by atoms with Gasteiger partial charge in [0.2, 0.25) is 59.1 Å². The Morgan fingerprint density at radius 2 is 1.10 bits per heavy atom. The number of aliphatic carboxylic acids is 1. The van der Waals surface area contributed by atoms with Crippen LogP contribution >= 0.6 is 33.3 Å². The summed E-state index contributed by atoms with van der Waals surface area (Å²) >= 11 is 1.06. The summed E-state index contributed by atoms with van der Waals surface area (Å²) in [6, 6.07) is -9.90. The highest BCUT2D eigenvalue weighted by Crippen LogP contribution is 2.35. The number of hydrogen-bond acceptors (Lipinski definition) is 22. The van der Waals surface area contributed by atoms with Crippen molar-refractivity contribution in [3.8, 4) is 0 Å². The number of rotatable bonds is 47. The average molecular weight is 1330 g/mol. The Kier molecular flexibility index (Phi) is 39.7. The summed E-state index contributed by atoms with van der Waals surface area (Å²) in [5, 5.41) is 44.4. The van der Waals surface area contributed by atoms with Crippen LogP contribution in [0.3, 0.4) is 0 Å². The Morgan fingerprint density at radius 1 is 0.622 bits per heavy atom. The second kappa shape index (κ2) is 44.6. The number of amides is 10. The van der Waals surface area contributed by atoms with Crippen molar-refractivity contribution in [1.29, 1.82) is 0 Å².